The quantitative estimate of drug-likeness (QED) is 0.513. The van der Waals surface area contributed by atoms with E-state index in [0.29, 0.717) is 10.5 Å². The van der Waals surface area contributed by atoms with E-state index in [4.69, 9.17) is 0 Å². The maximum absolute atomic E-state index is 12.6. The van der Waals surface area contributed by atoms with E-state index in [9.17, 15) is 14.4 Å². The number of imide groups is 1. The monoisotopic (exact) mass is 394 g/mol. The molecule has 0 spiro atoms. The molecular formula is C22H22N2O3S. The van der Waals surface area contributed by atoms with Gasteiger partial charge in [-0.2, -0.15) is 0 Å². The molecule has 6 heteroatoms. The van der Waals surface area contributed by atoms with Gasteiger partial charge in [0.2, 0.25) is 0 Å². The van der Waals surface area contributed by atoms with Gasteiger partial charge in [0.1, 0.15) is 0 Å². The van der Waals surface area contributed by atoms with Crippen molar-refractivity contribution in [3.63, 3.8) is 0 Å². The van der Waals surface area contributed by atoms with Crippen molar-refractivity contribution >= 4 is 40.5 Å². The van der Waals surface area contributed by atoms with E-state index in [-0.39, 0.29) is 12.3 Å². The first kappa shape index (κ1) is 19.9. The molecular weight excluding hydrogens is 372 g/mol. The van der Waals surface area contributed by atoms with Crippen LogP contribution >= 0.6 is 11.8 Å². The van der Waals surface area contributed by atoms with E-state index in [1.807, 2.05) is 30.3 Å². The van der Waals surface area contributed by atoms with Gasteiger partial charge in [0.05, 0.1) is 11.4 Å². The summed E-state index contributed by atoms with van der Waals surface area (Å²) in [4.78, 5) is 40.8. The number of hydrogen-bond donors (Lipinski definition) is 0. The minimum Gasteiger partial charge on any atom is -0.372 e. The summed E-state index contributed by atoms with van der Waals surface area (Å²) in [5, 5.41) is -0.416. The Hall–Kier alpha value is -2.86. The summed E-state index contributed by atoms with van der Waals surface area (Å²) in [6.07, 6.45) is 1.70. The Kier molecular flexibility index (Phi) is 6.31. The number of carbonyl (C=O) groups excluding carboxylic acids is 3. The van der Waals surface area contributed by atoms with Crippen molar-refractivity contribution in [3.8, 4) is 0 Å². The van der Waals surface area contributed by atoms with Crippen molar-refractivity contribution in [2.45, 2.75) is 13.8 Å². The second-order valence-corrected chi connectivity index (χ2v) is 7.31. The Labute approximate surface area is 169 Å². The molecule has 1 saturated heterocycles. The number of amides is 2. The van der Waals surface area contributed by atoms with Gasteiger partial charge in [-0.15, -0.1) is 0 Å². The fourth-order valence-electron chi connectivity index (χ4n) is 3.02. The largest absolute Gasteiger partial charge is 0.372 e. The molecule has 1 aliphatic heterocycles. The lowest BCUT2D eigenvalue weighted by atomic mass is 10.1. The maximum Gasteiger partial charge on any atom is 0.293 e. The van der Waals surface area contributed by atoms with Crippen LogP contribution in [0.5, 0.6) is 0 Å². The maximum atomic E-state index is 12.6. The van der Waals surface area contributed by atoms with Gasteiger partial charge in [-0.3, -0.25) is 19.3 Å². The summed E-state index contributed by atoms with van der Waals surface area (Å²) < 4.78 is 0. The molecule has 3 rings (SSSR count). The molecule has 0 aromatic heterocycles. The van der Waals surface area contributed by atoms with Gasteiger partial charge in [-0.1, -0.05) is 42.5 Å². The number of thioether (sulfide) groups is 1. The first-order valence-electron chi connectivity index (χ1n) is 9.22. The summed E-state index contributed by atoms with van der Waals surface area (Å²) in [5.41, 5.74) is 2.44. The topological polar surface area (TPSA) is 57.7 Å². The van der Waals surface area contributed by atoms with Crippen LogP contribution in [0.2, 0.25) is 0 Å². The Balaban J connectivity index is 1.73. The van der Waals surface area contributed by atoms with Gasteiger partial charge in [0.25, 0.3) is 11.1 Å². The first-order valence-corrected chi connectivity index (χ1v) is 10.0. The second kappa shape index (κ2) is 8.89. The highest BCUT2D eigenvalue weighted by Gasteiger charge is 2.36. The predicted molar refractivity (Wildman–Crippen MR) is 113 cm³/mol. The number of benzene rings is 2. The van der Waals surface area contributed by atoms with Crippen molar-refractivity contribution in [2.24, 2.45) is 0 Å². The molecule has 0 atom stereocenters. The van der Waals surface area contributed by atoms with E-state index in [2.05, 4.69) is 18.7 Å². The summed E-state index contributed by atoms with van der Waals surface area (Å²) >= 11 is 0.869. The molecule has 1 aliphatic rings. The smallest absolute Gasteiger partial charge is 0.293 e. The lowest BCUT2D eigenvalue weighted by molar-refractivity contribution is -0.122. The van der Waals surface area contributed by atoms with Gasteiger partial charge in [0.15, 0.2) is 5.78 Å². The molecule has 0 unspecified atom stereocenters. The second-order valence-electron chi connectivity index (χ2n) is 6.32. The number of ketones is 1. The zero-order valence-electron chi connectivity index (χ0n) is 15.9. The van der Waals surface area contributed by atoms with Crippen molar-refractivity contribution in [1.29, 1.82) is 0 Å². The van der Waals surface area contributed by atoms with E-state index in [1.54, 1.807) is 30.3 Å². The summed E-state index contributed by atoms with van der Waals surface area (Å²) in [7, 11) is 0. The van der Waals surface area contributed by atoms with E-state index in [0.717, 1.165) is 41.0 Å². The molecule has 2 amide bonds. The van der Waals surface area contributed by atoms with Crippen LogP contribution in [-0.4, -0.2) is 41.5 Å². The standard InChI is InChI=1S/C22H22N2O3S/c1-3-23(4-2)18-12-10-16(11-13-18)14-20-21(26)24(22(27)28-20)15-19(25)17-8-6-5-7-9-17/h5-14H,3-4,15H2,1-2H3. The first-order chi connectivity index (χ1) is 13.5. The molecule has 0 saturated carbocycles. The highest BCUT2D eigenvalue weighted by Crippen LogP contribution is 2.32. The van der Waals surface area contributed by atoms with Crippen LogP contribution in [0.4, 0.5) is 10.5 Å². The third-order valence-electron chi connectivity index (χ3n) is 4.59. The fraction of sp³-hybridized carbons (Fsp3) is 0.227. The lowest BCUT2D eigenvalue weighted by Gasteiger charge is -2.20. The molecule has 0 bridgehead atoms. The molecule has 144 valence electrons. The molecule has 2 aromatic carbocycles. The molecule has 0 N–H and O–H groups in total. The molecule has 0 aliphatic carbocycles. The fourth-order valence-corrected chi connectivity index (χ4v) is 3.86. The Morgan fingerprint density at radius 3 is 2.25 bits per heavy atom. The normalized spacial score (nSPS) is 15.4. The number of rotatable bonds is 7. The predicted octanol–water partition coefficient (Wildman–Crippen LogP) is 4.45. The molecule has 1 fully saturated rings. The summed E-state index contributed by atoms with van der Waals surface area (Å²) in [5.74, 6) is -0.681. The third-order valence-corrected chi connectivity index (χ3v) is 5.50. The number of nitrogens with zero attached hydrogens (tertiary/aromatic N) is 2. The van der Waals surface area contributed by atoms with Crippen LogP contribution in [0.25, 0.3) is 6.08 Å². The number of anilines is 1. The van der Waals surface area contributed by atoms with E-state index in [1.165, 1.54) is 0 Å². The number of Topliss-reactive ketones (excluding diaryl/α,β-unsaturated/α-hetero) is 1. The van der Waals surface area contributed by atoms with E-state index < -0.39 is 11.1 Å². The van der Waals surface area contributed by atoms with Crippen LogP contribution < -0.4 is 4.90 Å². The lowest BCUT2D eigenvalue weighted by Crippen LogP contribution is -2.33. The summed E-state index contributed by atoms with van der Waals surface area (Å²) in [6.45, 7) is 5.80. The van der Waals surface area contributed by atoms with Gasteiger partial charge in [-0.25, -0.2) is 0 Å². The van der Waals surface area contributed by atoms with Crippen LogP contribution in [0.3, 0.4) is 0 Å². The highest BCUT2D eigenvalue weighted by molar-refractivity contribution is 8.18. The van der Waals surface area contributed by atoms with Crippen molar-refractivity contribution in [2.75, 3.05) is 24.5 Å². The van der Waals surface area contributed by atoms with Crippen LogP contribution in [0.1, 0.15) is 29.8 Å². The Morgan fingerprint density at radius 1 is 1.00 bits per heavy atom. The minimum atomic E-state index is -0.424. The summed E-state index contributed by atoms with van der Waals surface area (Å²) in [6, 6.07) is 16.5. The molecule has 28 heavy (non-hydrogen) atoms. The average molecular weight is 394 g/mol. The van der Waals surface area contributed by atoms with Gasteiger partial charge >= 0.3 is 0 Å². The van der Waals surface area contributed by atoms with Crippen molar-refractivity contribution in [1.82, 2.24) is 4.90 Å². The van der Waals surface area contributed by atoms with Crippen molar-refractivity contribution < 1.29 is 14.4 Å². The van der Waals surface area contributed by atoms with Crippen LogP contribution in [0, 0.1) is 0 Å². The van der Waals surface area contributed by atoms with Crippen molar-refractivity contribution in [3.05, 3.63) is 70.6 Å². The average Bonchev–Trinajstić information content (AvgIpc) is 2.98. The van der Waals surface area contributed by atoms with Gasteiger partial charge < -0.3 is 4.90 Å². The number of hydrogen-bond acceptors (Lipinski definition) is 5. The third kappa shape index (κ3) is 4.34. The van der Waals surface area contributed by atoms with Crippen LogP contribution in [0.15, 0.2) is 59.5 Å². The van der Waals surface area contributed by atoms with E-state index >= 15 is 0 Å². The highest BCUT2D eigenvalue weighted by atomic mass is 32.2. The zero-order chi connectivity index (χ0) is 20.1. The minimum absolute atomic E-state index is 0.243. The molecule has 0 radical (unpaired) electrons. The number of carbonyl (C=O) groups is 3. The molecule has 5 nitrogen and oxygen atoms in total. The molecule has 2 aromatic rings. The van der Waals surface area contributed by atoms with Gasteiger partial charge in [0, 0.05) is 24.3 Å². The Bertz CT molecular complexity index is 903. The zero-order valence-corrected chi connectivity index (χ0v) is 16.7. The molecule has 1 heterocycles. The Morgan fingerprint density at radius 2 is 1.64 bits per heavy atom. The van der Waals surface area contributed by atoms with Gasteiger partial charge in [-0.05, 0) is 49.4 Å². The SMILES string of the molecule is CCN(CC)c1ccc(C=C2SC(=O)N(CC(=O)c3ccccc3)C2=O)cc1. The van der Waals surface area contributed by atoms with Crippen LogP contribution in [-0.2, 0) is 4.79 Å².